The van der Waals surface area contributed by atoms with Crippen molar-refractivity contribution in [2.75, 3.05) is 7.05 Å². The van der Waals surface area contributed by atoms with Gasteiger partial charge in [0, 0.05) is 5.75 Å². The first-order chi connectivity index (χ1) is 9.94. The first-order valence-electron chi connectivity index (χ1n) is 5.73. The predicted octanol–water partition coefficient (Wildman–Crippen LogP) is 0.703. The van der Waals surface area contributed by atoms with E-state index in [1.165, 1.54) is 30.9 Å². The van der Waals surface area contributed by atoms with E-state index in [0.717, 1.165) is 5.56 Å². The van der Waals surface area contributed by atoms with Gasteiger partial charge in [-0.1, -0.05) is 29.1 Å². The van der Waals surface area contributed by atoms with Crippen LogP contribution < -0.4 is 4.72 Å². The number of rotatable bonds is 6. The summed E-state index contributed by atoms with van der Waals surface area (Å²) in [5, 5.41) is 18.7. The third-order valence-corrected chi connectivity index (χ3v) is 5.09. The first-order valence-corrected chi connectivity index (χ1v) is 8.20. The van der Waals surface area contributed by atoms with E-state index in [4.69, 9.17) is 5.11 Å². The van der Waals surface area contributed by atoms with Crippen LogP contribution in [0, 0.1) is 0 Å². The number of carbonyl (C=O) groups is 1. The third kappa shape index (κ3) is 3.60. The molecule has 0 fully saturated rings. The van der Waals surface area contributed by atoms with Crippen molar-refractivity contribution < 1.29 is 18.3 Å². The zero-order valence-electron chi connectivity index (χ0n) is 10.9. The summed E-state index contributed by atoms with van der Waals surface area (Å²) in [4.78, 5) is 11.0. The van der Waals surface area contributed by atoms with Crippen LogP contribution in [-0.2, 0) is 15.8 Å². The highest BCUT2D eigenvalue weighted by Gasteiger charge is 2.15. The summed E-state index contributed by atoms with van der Waals surface area (Å²) in [6.45, 7) is 0. The number of hydrogen-bond acceptors (Lipinski definition) is 6. The SMILES string of the molecule is CNS(=O)(=O)c1ccc(CSc2[nH]nnc2C(=O)O)cc1. The fourth-order valence-corrected chi connectivity index (χ4v) is 3.10. The van der Waals surface area contributed by atoms with Gasteiger partial charge in [-0.15, -0.1) is 5.10 Å². The van der Waals surface area contributed by atoms with Crippen molar-refractivity contribution in [3.63, 3.8) is 0 Å². The maximum absolute atomic E-state index is 11.6. The molecule has 3 N–H and O–H groups in total. The monoisotopic (exact) mass is 328 g/mol. The van der Waals surface area contributed by atoms with Crippen LogP contribution in [0.2, 0.25) is 0 Å². The Hall–Kier alpha value is -1.91. The first kappa shape index (κ1) is 15.5. The van der Waals surface area contributed by atoms with E-state index in [2.05, 4.69) is 20.1 Å². The van der Waals surface area contributed by atoms with Crippen LogP contribution in [0.3, 0.4) is 0 Å². The van der Waals surface area contributed by atoms with E-state index < -0.39 is 16.0 Å². The summed E-state index contributed by atoms with van der Waals surface area (Å²) in [7, 11) is -2.11. The van der Waals surface area contributed by atoms with Gasteiger partial charge < -0.3 is 5.11 Å². The molecule has 0 aliphatic rings. The quantitative estimate of drug-likeness (QED) is 0.667. The lowest BCUT2D eigenvalue weighted by Crippen LogP contribution is -2.18. The second kappa shape index (κ2) is 6.24. The minimum atomic E-state index is -3.45. The molecular formula is C11H12N4O4S2. The van der Waals surface area contributed by atoms with Crippen LogP contribution in [0.4, 0.5) is 0 Å². The third-order valence-electron chi connectivity index (χ3n) is 2.60. The van der Waals surface area contributed by atoms with E-state index in [1.807, 2.05) is 0 Å². The van der Waals surface area contributed by atoms with Gasteiger partial charge in [-0.2, -0.15) is 0 Å². The number of hydrogen-bond donors (Lipinski definition) is 3. The molecule has 0 saturated carbocycles. The number of aromatic amines is 1. The van der Waals surface area contributed by atoms with Crippen LogP contribution in [0.25, 0.3) is 0 Å². The highest BCUT2D eigenvalue weighted by atomic mass is 32.2. The summed E-state index contributed by atoms with van der Waals surface area (Å²) < 4.78 is 25.4. The lowest BCUT2D eigenvalue weighted by Gasteiger charge is -2.04. The molecule has 1 aromatic heterocycles. The van der Waals surface area contributed by atoms with Crippen LogP contribution in [-0.4, -0.2) is 42.0 Å². The molecule has 0 aliphatic carbocycles. The van der Waals surface area contributed by atoms with Gasteiger partial charge in [-0.25, -0.2) is 17.9 Å². The number of carboxylic acid groups (broad SMARTS) is 1. The van der Waals surface area contributed by atoms with Crippen LogP contribution in [0.15, 0.2) is 34.2 Å². The number of nitrogens with one attached hydrogen (secondary N) is 2. The standard InChI is InChI=1S/C11H12N4O4S2/c1-12-21(18,19)8-4-2-7(3-5-8)6-20-10-9(11(16)17)13-15-14-10/h2-5,12H,6H2,1H3,(H,16,17)(H,13,14,15). The molecule has 0 aliphatic heterocycles. The molecule has 0 amide bonds. The Morgan fingerprint density at radius 2 is 2.05 bits per heavy atom. The largest absolute Gasteiger partial charge is 0.476 e. The number of H-pyrrole nitrogens is 1. The molecular weight excluding hydrogens is 316 g/mol. The second-order valence-corrected chi connectivity index (χ2v) is 6.81. The maximum atomic E-state index is 11.6. The van der Waals surface area contributed by atoms with E-state index >= 15 is 0 Å². The number of nitrogens with zero attached hydrogens (tertiary/aromatic N) is 2. The smallest absolute Gasteiger partial charge is 0.359 e. The summed E-state index contributed by atoms with van der Waals surface area (Å²) in [5.74, 6) is -0.689. The average Bonchev–Trinajstić information content (AvgIpc) is 2.94. The molecule has 1 heterocycles. The number of sulfonamides is 1. The van der Waals surface area contributed by atoms with Crippen molar-refractivity contribution in [3.8, 4) is 0 Å². The summed E-state index contributed by atoms with van der Waals surface area (Å²) in [5.41, 5.74) is 0.718. The summed E-state index contributed by atoms with van der Waals surface area (Å²) >= 11 is 1.23. The molecule has 10 heteroatoms. The Bertz CT molecular complexity index is 740. The summed E-state index contributed by atoms with van der Waals surface area (Å²) in [6.07, 6.45) is 0. The fourth-order valence-electron chi connectivity index (χ4n) is 1.50. The highest BCUT2D eigenvalue weighted by Crippen LogP contribution is 2.23. The average molecular weight is 328 g/mol. The molecule has 0 radical (unpaired) electrons. The van der Waals surface area contributed by atoms with E-state index in [0.29, 0.717) is 10.8 Å². The predicted molar refractivity (Wildman–Crippen MR) is 75.6 cm³/mol. The topological polar surface area (TPSA) is 125 Å². The number of aromatic nitrogens is 3. The maximum Gasteiger partial charge on any atom is 0.359 e. The van der Waals surface area contributed by atoms with Gasteiger partial charge in [-0.05, 0) is 24.7 Å². The van der Waals surface area contributed by atoms with Gasteiger partial charge in [0.1, 0.15) is 5.03 Å². The molecule has 0 spiro atoms. The number of benzene rings is 1. The number of thioether (sulfide) groups is 1. The highest BCUT2D eigenvalue weighted by molar-refractivity contribution is 7.98. The number of carboxylic acids is 1. The molecule has 8 nitrogen and oxygen atoms in total. The van der Waals surface area contributed by atoms with Crippen LogP contribution in [0.5, 0.6) is 0 Å². The molecule has 0 saturated heterocycles. The Balaban J connectivity index is 2.08. The second-order valence-electron chi connectivity index (χ2n) is 3.93. The molecule has 2 rings (SSSR count). The molecule has 2 aromatic rings. The fraction of sp³-hybridized carbons (Fsp3) is 0.182. The van der Waals surface area contributed by atoms with Gasteiger partial charge in [0.25, 0.3) is 0 Å². The van der Waals surface area contributed by atoms with Crippen molar-refractivity contribution >= 4 is 27.8 Å². The minimum Gasteiger partial charge on any atom is -0.476 e. The summed E-state index contributed by atoms with van der Waals surface area (Å²) in [6, 6.07) is 6.32. The Morgan fingerprint density at radius 1 is 1.38 bits per heavy atom. The molecule has 1 aromatic carbocycles. The normalized spacial score (nSPS) is 11.5. The molecule has 21 heavy (non-hydrogen) atoms. The van der Waals surface area contributed by atoms with Gasteiger partial charge >= 0.3 is 5.97 Å². The van der Waals surface area contributed by atoms with Gasteiger partial charge in [0.2, 0.25) is 15.7 Å². The van der Waals surface area contributed by atoms with E-state index in [1.54, 1.807) is 12.1 Å². The molecule has 112 valence electrons. The Kier molecular flexibility index (Phi) is 4.60. The van der Waals surface area contributed by atoms with E-state index in [-0.39, 0.29) is 10.6 Å². The Morgan fingerprint density at radius 3 is 2.62 bits per heavy atom. The van der Waals surface area contributed by atoms with Crippen LogP contribution in [0.1, 0.15) is 16.1 Å². The molecule has 0 bridgehead atoms. The zero-order valence-corrected chi connectivity index (χ0v) is 12.5. The lowest BCUT2D eigenvalue weighted by molar-refractivity contribution is 0.0686. The van der Waals surface area contributed by atoms with Crippen LogP contribution >= 0.6 is 11.8 Å². The van der Waals surface area contributed by atoms with Crippen molar-refractivity contribution in [2.24, 2.45) is 0 Å². The van der Waals surface area contributed by atoms with E-state index in [9.17, 15) is 13.2 Å². The lowest BCUT2D eigenvalue weighted by atomic mass is 10.2. The van der Waals surface area contributed by atoms with Crippen molar-refractivity contribution in [1.29, 1.82) is 0 Å². The molecule has 0 unspecified atom stereocenters. The van der Waals surface area contributed by atoms with Crippen molar-refractivity contribution in [3.05, 3.63) is 35.5 Å². The Labute approximate surface area is 125 Å². The zero-order chi connectivity index (χ0) is 15.5. The minimum absolute atomic E-state index is 0.130. The van der Waals surface area contributed by atoms with Crippen molar-refractivity contribution in [1.82, 2.24) is 20.1 Å². The van der Waals surface area contributed by atoms with Gasteiger partial charge in [-0.3, -0.25) is 5.10 Å². The van der Waals surface area contributed by atoms with Crippen molar-refractivity contribution in [2.45, 2.75) is 15.7 Å². The van der Waals surface area contributed by atoms with Gasteiger partial charge in [0.15, 0.2) is 0 Å². The van der Waals surface area contributed by atoms with Gasteiger partial charge in [0.05, 0.1) is 4.90 Å². The number of aromatic carboxylic acids is 1. The molecule has 0 atom stereocenters.